The molecule has 0 radical (unpaired) electrons. The summed E-state index contributed by atoms with van der Waals surface area (Å²) in [6, 6.07) is 12.0. The summed E-state index contributed by atoms with van der Waals surface area (Å²) in [4.78, 5) is 29.6. The van der Waals surface area contributed by atoms with Crippen LogP contribution in [0.25, 0.3) is 22.3 Å². The number of thiazole rings is 1. The van der Waals surface area contributed by atoms with Crippen molar-refractivity contribution in [3.05, 3.63) is 46.7 Å². The SMILES string of the molecule is CCn1nc2nc(F)c(N3CCN(CC(=O)N4CC(O)C4)CC3)cc2c1N(C)c1nc(-c2ccc(C)cc2)c(C#N)s1. The van der Waals surface area contributed by atoms with E-state index >= 15 is 4.39 Å². The van der Waals surface area contributed by atoms with Gasteiger partial charge in [-0.05, 0) is 19.9 Å². The first-order valence-corrected chi connectivity index (χ1v) is 14.8. The molecule has 0 atom stereocenters. The monoisotopic (exact) mass is 589 g/mol. The van der Waals surface area contributed by atoms with E-state index in [0.717, 1.165) is 16.9 Å². The minimum absolute atomic E-state index is 0.00922. The number of β-amino-alcohol motifs (C(OH)–C–C–N with tert-alkyl or cyclic N) is 1. The molecule has 0 aliphatic carbocycles. The van der Waals surface area contributed by atoms with Crippen LogP contribution in [0.4, 0.5) is 21.0 Å². The number of rotatable bonds is 7. The van der Waals surface area contributed by atoms with Crippen molar-refractivity contribution in [3.8, 4) is 17.3 Å². The number of anilines is 3. The smallest absolute Gasteiger partial charge is 0.238 e. The fraction of sp³-hybridized carbons (Fsp3) is 0.414. The van der Waals surface area contributed by atoms with Crippen LogP contribution in [-0.4, -0.2) is 99.5 Å². The molecule has 42 heavy (non-hydrogen) atoms. The number of aliphatic hydroxyl groups is 1. The first-order valence-electron chi connectivity index (χ1n) is 14.0. The van der Waals surface area contributed by atoms with Gasteiger partial charge < -0.3 is 19.8 Å². The Bertz CT molecular complexity index is 1670. The molecule has 1 amide bonds. The van der Waals surface area contributed by atoms with Gasteiger partial charge in [0, 0.05) is 58.4 Å². The molecule has 1 N–H and O–H groups in total. The number of fused-ring (bicyclic) bond motifs is 1. The Balaban J connectivity index is 1.26. The lowest BCUT2D eigenvalue weighted by atomic mass is 10.1. The molecule has 5 heterocycles. The molecular weight excluding hydrogens is 557 g/mol. The van der Waals surface area contributed by atoms with Crippen molar-refractivity contribution in [2.24, 2.45) is 0 Å². The van der Waals surface area contributed by atoms with Gasteiger partial charge in [-0.3, -0.25) is 9.69 Å². The second-order valence-corrected chi connectivity index (χ2v) is 11.7. The van der Waals surface area contributed by atoms with E-state index in [4.69, 9.17) is 4.98 Å². The van der Waals surface area contributed by atoms with Crippen molar-refractivity contribution >= 4 is 44.9 Å². The van der Waals surface area contributed by atoms with Gasteiger partial charge in [0.05, 0.1) is 23.7 Å². The summed E-state index contributed by atoms with van der Waals surface area (Å²) in [6.07, 6.45) is -0.420. The quantitative estimate of drug-likeness (QED) is 0.325. The molecule has 6 rings (SSSR count). The maximum atomic E-state index is 15.3. The highest BCUT2D eigenvalue weighted by Crippen LogP contribution is 2.38. The van der Waals surface area contributed by atoms with Gasteiger partial charge in [-0.1, -0.05) is 41.2 Å². The minimum Gasteiger partial charge on any atom is -0.389 e. The van der Waals surface area contributed by atoms with Crippen LogP contribution in [0.15, 0.2) is 30.3 Å². The molecule has 0 saturated carbocycles. The average Bonchev–Trinajstić information content (AvgIpc) is 3.57. The van der Waals surface area contributed by atoms with Gasteiger partial charge in [0.1, 0.15) is 22.5 Å². The number of aryl methyl sites for hydroxylation is 2. The van der Waals surface area contributed by atoms with Gasteiger partial charge in [0.2, 0.25) is 11.9 Å². The number of aliphatic hydroxyl groups excluding tert-OH is 1. The van der Waals surface area contributed by atoms with Crippen molar-refractivity contribution in [3.63, 3.8) is 0 Å². The molecule has 2 saturated heterocycles. The molecule has 1 aromatic carbocycles. The first kappa shape index (κ1) is 28.0. The van der Waals surface area contributed by atoms with Crippen LogP contribution in [0.1, 0.15) is 17.4 Å². The van der Waals surface area contributed by atoms with Crippen LogP contribution < -0.4 is 9.80 Å². The number of aromatic nitrogens is 4. The second kappa shape index (κ2) is 11.3. The molecule has 0 unspecified atom stereocenters. The highest BCUT2D eigenvalue weighted by molar-refractivity contribution is 7.16. The van der Waals surface area contributed by atoms with Gasteiger partial charge in [-0.2, -0.15) is 19.7 Å². The maximum Gasteiger partial charge on any atom is 0.238 e. The number of benzene rings is 1. The second-order valence-electron chi connectivity index (χ2n) is 10.7. The number of hydrogen-bond acceptors (Lipinski definition) is 10. The van der Waals surface area contributed by atoms with E-state index in [0.29, 0.717) is 84.8 Å². The van der Waals surface area contributed by atoms with Crippen LogP contribution in [0.2, 0.25) is 0 Å². The summed E-state index contributed by atoms with van der Waals surface area (Å²) in [5.74, 6) is 0.144. The van der Waals surface area contributed by atoms with Crippen LogP contribution in [0, 0.1) is 24.2 Å². The maximum absolute atomic E-state index is 15.3. The molecule has 218 valence electrons. The van der Waals surface area contributed by atoms with E-state index < -0.39 is 12.1 Å². The Morgan fingerprint density at radius 2 is 1.90 bits per heavy atom. The summed E-state index contributed by atoms with van der Waals surface area (Å²) in [5, 5.41) is 25.2. The molecular formula is C29H32FN9O2S. The van der Waals surface area contributed by atoms with Crippen molar-refractivity contribution < 1.29 is 14.3 Å². The zero-order valence-electron chi connectivity index (χ0n) is 23.8. The molecule has 0 bridgehead atoms. The molecule has 3 aromatic heterocycles. The van der Waals surface area contributed by atoms with E-state index in [2.05, 4.69) is 21.1 Å². The molecule has 2 aliphatic heterocycles. The number of carbonyl (C=O) groups excluding carboxylic acids is 1. The van der Waals surface area contributed by atoms with Crippen LogP contribution >= 0.6 is 11.3 Å². The van der Waals surface area contributed by atoms with Gasteiger partial charge in [-0.25, -0.2) is 9.67 Å². The van der Waals surface area contributed by atoms with E-state index in [1.807, 2.05) is 55.0 Å². The summed E-state index contributed by atoms with van der Waals surface area (Å²) in [6.45, 7) is 7.90. The molecule has 0 spiro atoms. The molecule has 2 fully saturated rings. The number of piperazine rings is 1. The predicted octanol–water partition coefficient (Wildman–Crippen LogP) is 2.99. The van der Waals surface area contributed by atoms with E-state index in [1.54, 1.807) is 15.6 Å². The standard InChI is InChI=1S/C29H32FN9O2S/c1-4-39-28(35(3)29-32-25(23(14-31)42-29)19-7-5-18(2)6-8-19)21-13-22(26(30)33-27(21)34-39)37-11-9-36(10-12-37)17-24(41)38-15-20(40)16-38/h5-8,13,20,40H,4,9-12,15-17H2,1-3H3. The Morgan fingerprint density at radius 1 is 1.19 bits per heavy atom. The first-order chi connectivity index (χ1) is 20.2. The third-order valence-electron chi connectivity index (χ3n) is 7.87. The van der Waals surface area contributed by atoms with Crippen LogP contribution in [-0.2, 0) is 11.3 Å². The molecule has 13 heteroatoms. The lowest BCUT2D eigenvalue weighted by molar-refractivity contribution is -0.142. The Kier molecular flexibility index (Phi) is 7.53. The molecule has 11 nitrogen and oxygen atoms in total. The number of amides is 1. The van der Waals surface area contributed by atoms with E-state index in [1.165, 1.54) is 11.3 Å². The largest absolute Gasteiger partial charge is 0.389 e. The fourth-order valence-electron chi connectivity index (χ4n) is 5.43. The number of carbonyl (C=O) groups is 1. The van der Waals surface area contributed by atoms with E-state index in [9.17, 15) is 15.2 Å². The lowest BCUT2D eigenvalue weighted by Crippen LogP contribution is -2.57. The lowest BCUT2D eigenvalue weighted by Gasteiger charge is -2.39. The number of pyridine rings is 1. The summed E-state index contributed by atoms with van der Waals surface area (Å²) >= 11 is 1.30. The molecule has 2 aliphatic rings. The number of likely N-dealkylation sites (tertiary alicyclic amines) is 1. The Labute approximate surface area is 247 Å². The minimum atomic E-state index is -0.584. The predicted molar refractivity (Wildman–Crippen MR) is 159 cm³/mol. The van der Waals surface area contributed by atoms with Gasteiger partial charge in [-0.15, -0.1) is 0 Å². The topological polar surface area (TPSA) is 118 Å². The van der Waals surface area contributed by atoms with Crippen molar-refractivity contribution in [2.75, 3.05) is 62.7 Å². The third-order valence-corrected chi connectivity index (χ3v) is 8.91. The van der Waals surface area contributed by atoms with Crippen molar-refractivity contribution in [1.29, 1.82) is 5.26 Å². The normalized spacial score (nSPS) is 16.1. The number of halogens is 1. The van der Waals surface area contributed by atoms with Gasteiger partial charge in [0.15, 0.2) is 10.8 Å². The van der Waals surface area contributed by atoms with Crippen molar-refractivity contribution in [1.82, 2.24) is 29.5 Å². The zero-order valence-corrected chi connectivity index (χ0v) is 24.6. The average molecular weight is 590 g/mol. The van der Waals surface area contributed by atoms with Crippen molar-refractivity contribution in [2.45, 2.75) is 26.5 Å². The highest BCUT2D eigenvalue weighted by Gasteiger charge is 2.31. The summed E-state index contributed by atoms with van der Waals surface area (Å²) in [5.41, 5.74) is 3.32. The van der Waals surface area contributed by atoms with E-state index in [-0.39, 0.29) is 5.91 Å². The number of hydrogen-bond donors (Lipinski definition) is 1. The number of nitriles is 1. The van der Waals surface area contributed by atoms with Gasteiger partial charge in [0.25, 0.3) is 0 Å². The molecule has 4 aromatic rings. The third kappa shape index (κ3) is 5.17. The van der Waals surface area contributed by atoms with Crippen LogP contribution in [0.3, 0.4) is 0 Å². The summed E-state index contributed by atoms with van der Waals surface area (Å²) in [7, 11) is 1.87. The van der Waals surface area contributed by atoms with Crippen LogP contribution in [0.5, 0.6) is 0 Å². The Hall–Kier alpha value is -4.12. The van der Waals surface area contributed by atoms with Gasteiger partial charge >= 0.3 is 0 Å². The zero-order chi connectivity index (χ0) is 29.5. The number of nitrogens with zero attached hydrogens (tertiary/aromatic N) is 9. The Morgan fingerprint density at radius 3 is 2.55 bits per heavy atom. The summed E-state index contributed by atoms with van der Waals surface area (Å²) < 4.78 is 17.1. The highest BCUT2D eigenvalue weighted by atomic mass is 32.1. The fourth-order valence-corrected chi connectivity index (χ4v) is 6.28.